The monoisotopic (exact) mass is 271 g/mol. The Morgan fingerprint density at radius 3 is 2.70 bits per heavy atom. The average Bonchev–Trinajstić information content (AvgIpc) is 2.82. The van der Waals surface area contributed by atoms with Gasteiger partial charge in [-0.3, -0.25) is 4.79 Å². The molecule has 1 amide bonds. The van der Waals surface area contributed by atoms with Crippen molar-refractivity contribution < 1.29 is 9.53 Å². The van der Waals surface area contributed by atoms with Crippen molar-refractivity contribution >= 4 is 5.91 Å². The molecule has 0 unspecified atom stereocenters. The number of aromatic nitrogens is 2. The molecule has 0 spiro atoms. The molecule has 0 bridgehead atoms. The molecule has 0 saturated carbocycles. The van der Waals surface area contributed by atoms with Crippen LogP contribution in [0.15, 0.2) is 36.5 Å². The summed E-state index contributed by atoms with van der Waals surface area (Å²) in [6, 6.07) is 9.71. The fourth-order valence-corrected chi connectivity index (χ4v) is 2.32. The second kappa shape index (κ2) is 5.46. The number of nitrogens with zero attached hydrogens (tertiary/aromatic N) is 2. The number of benzene rings is 1. The molecule has 5 heteroatoms. The maximum atomic E-state index is 11.5. The Bertz CT molecular complexity index is 603. The fraction of sp³-hybridized carbons (Fsp3) is 0.333. The van der Waals surface area contributed by atoms with Gasteiger partial charge in [-0.2, -0.15) is 5.10 Å². The van der Waals surface area contributed by atoms with Gasteiger partial charge in [0.25, 0.3) is 5.91 Å². The maximum Gasteiger partial charge on any atom is 0.269 e. The number of aryl methyl sites for hydroxylation is 1. The molecular formula is C15H17N3O2. The van der Waals surface area contributed by atoms with Crippen molar-refractivity contribution in [2.24, 2.45) is 11.7 Å². The third-order valence-corrected chi connectivity index (χ3v) is 3.57. The van der Waals surface area contributed by atoms with Gasteiger partial charge in [0.2, 0.25) is 0 Å². The van der Waals surface area contributed by atoms with Crippen LogP contribution in [0.1, 0.15) is 22.5 Å². The number of hydrogen-bond donors (Lipinski definition) is 1. The highest BCUT2D eigenvalue weighted by atomic mass is 16.5. The Morgan fingerprint density at radius 1 is 1.35 bits per heavy atom. The van der Waals surface area contributed by atoms with Crippen LogP contribution in [0, 0.1) is 5.92 Å². The normalized spacial score (nSPS) is 15.0. The zero-order valence-electron chi connectivity index (χ0n) is 11.2. The topological polar surface area (TPSA) is 70.1 Å². The van der Waals surface area contributed by atoms with Crippen LogP contribution in [0.3, 0.4) is 0 Å². The van der Waals surface area contributed by atoms with E-state index >= 15 is 0 Å². The van der Waals surface area contributed by atoms with Gasteiger partial charge in [0, 0.05) is 17.7 Å². The van der Waals surface area contributed by atoms with E-state index in [9.17, 15) is 4.79 Å². The van der Waals surface area contributed by atoms with Crippen LogP contribution in [0.25, 0.3) is 5.69 Å². The van der Waals surface area contributed by atoms with Gasteiger partial charge in [-0.05, 0) is 25.0 Å². The van der Waals surface area contributed by atoms with E-state index in [1.807, 2.05) is 36.5 Å². The first-order valence-electron chi connectivity index (χ1n) is 6.75. The van der Waals surface area contributed by atoms with Crippen molar-refractivity contribution in [2.45, 2.75) is 12.8 Å². The second-order valence-electron chi connectivity index (χ2n) is 5.09. The van der Waals surface area contributed by atoms with Crippen LogP contribution < -0.4 is 5.73 Å². The van der Waals surface area contributed by atoms with Crippen LogP contribution in [0.5, 0.6) is 0 Å². The number of ether oxygens (including phenoxy) is 1. The molecule has 1 aliphatic heterocycles. The number of primary amides is 1. The molecule has 1 aromatic carbocycles. The highest BCUT2D eigenvalue weighted by Gasteiger charge is 2.21. The predicted octanol–water partition coefficient (Wildman–Crippen LogP) is 1.55. The first-order valence-corrected chi connectivity index (χ1v) is 6.75. The third kappa shape index (κ3) is 2.58. The molecule has 1 aliphatic rings. The lowest BCUT2D eigenvalue weighted by molar-refractivity contribution is -0.0352. The van der Waals surface area contributed by atoms with Gasteiger partial charge in [-0.15, -0.1) is 0 Å². The fourth-order valence-electron chi connectivity index (χ4n) is 2.32. The van der Waals surface area contributed by atoms with Gasteiger partial charge >= 0.3 is 0 Å². The first-order chi connectivity index (χ1) is 9.74. The highest BCUT2D eigenvalue weighted by Crippen LogP contribution is 2.20. The predicted molar refractivity (Wildman–Crippen MR) is 74.7 cm³/mol. The van der Waals surface area contributed by atoms with Crippen LogP contribution in [-0.2, 0) is 11.2 Å². The van der Waals surface area contributed by atoms with E-state index in [4.69, 9.17) is 10.5 Å². The molecule has 1 saturated heterocycles. The summed E-state index contributed by atoms with van der Waals surface area (Å²) in [4.78, 5) is 11.5. The van der Waals surface area contributed by atoms with Crippen molar-refractivity contribution in [3.8, 4) is 5.69 Å². The van der Waals surface area contributed by atoms with Crippen molar-refractivity contribution in [3.63, 3.8) is 0 Å². The number of nitrogens with two attached hydrogens (primary N) is 1. The number of hydrogen-bond acceptors (Lipinski definition) is 3. The Balaban J connectivity index is 1.84. The summed E-state index contributed by atoms with van der Waals surface area (Å²) in [6.45, 7) is 1.64. The molecule has 2 N–H and O–H groups in total. The van der Waals surface area contributed by atoms with Crippen LogP contribution in [0.4, 0.5) is 0 Å². The standard InChI is InChI=1S/C15H17N3O2/c16-15(19)14-12(7-6-11-9-20-10-11)8-18(17-14)13-4-2-1-3-5-13/h1-5,8,11H,6-7,9-10H2,(H2,16,19). The Labute approximate surface area is 117 Å². The third-order valence-electron chi connectivity index (χ3n) is 3.57. The smallest absolute Gasteiger partial charge is 0.269 e. The molecule has 0 radical (unpaired) electrons. The zero-order chi connectivity index (χ0) is 13.9. The number of amides is 1. The molecule has 2 heterocycles. The second-order valence-corrected chi connectivity index (χ2v) is 5.09. The van der Waals surface area contributed by atoms with Crippen molar-refractivity contribution in [2.75, 3.05) is 13.2 Å². The number of carbonyl (C=O) groups is 1. The summed E-state index contributed by atoms with van der Waals surface area (Å²) in [5.74, 6) is 0.121. The summed E-state index contributed by atoms with van der Waals surface area (Å²) < 4.78 is 6.88. The molecule has 1 aromatic heterocycles. The first kappa shape index (κ1) is 12.9. The van der Waals surface area contributed by atoms with Gasteiger partial charge in [0.1, 0.15) is 0 Å². The van der Waals surface area contributed by atoms with E-state index in [1.165, 1.54) is 0 Å². The van der Waals surface area contributed by atoms with Crippen molar-refractivity contribution in [3.05, 3.63) is 47.8 Å². The quantitative estimate of drug-likeness (QED) is 0.897. The van der Waals surface area contributed by atoms with Gasteiger partial charge < -0.3 is 10.5 Å². The van der Waals surface area contributed by atoms with Crippen molar-refractivity contribution in [1.29, 1.82) is 0 Å². The molecule has 104 valence electrons. The summed E-state index contributed by atoms with van der Waals surface area (Å²) in [5.41, 5.74) is 7.62. The van der Waals surface area contributed by atoms with Crippen LogP contribution in [-0.4, -0.2) is 28.9 Å². The van der Waals surface area contributed by atoms with Crippen LogP contribution >= 0.6 is 0 Å². The summed E-state index contributed by atoms with van der Waals surface area (Å²) in [6.07, 6.45) is 3.70. The van der Waals surface area contributed by atoms with E-state index in [-0.39, 0.29) is 0 Å². The van der Waals surface area contributed by atoms with Gasteiger partial charge in [-0.25, -0.2) is 4.68 Å². The average molecular weight is 271 g/mol. The SMILES string of the molecule is NC(=O)c1nn(-c2ccccc2)cc1CCC1COC1. The molecule has 3 rings (SSSR count). The molecule has 0 atom stereocenters. The Morgan fingerprint density at radius 2 is 2.10 bits per heavy atom. The largest absolute Gasteiger partial charge is 0.381 e. The number of para-hydroxylation sites is 1. The van der Waals surface area contributed by atoms with Crippen molar-refractivity contribution in [1.82, 2.24) is 9.78 Å². The molecular weight excluding hydrogens is 254 g/mol. The zero-order valence-corrected chi connectivity index (χ0v) is 11.2. The van der Waals surface area contributed by atoms with E-state index in [2.05, 4.69) is 5.10 Å². The van der Waals surface area contributed by atoms with Crippen LogP contribution in [0.2, 0.25) is 0 Å². The molecule has 1 fully saturated rings. The maximum absolute atomic E-state index is 11.5. The molecule has 20 heavy (non-hydrogen) atoms. The highest BCUT2D eigenvalue weighted by molar-refractivity contribution is 5.92. The molecule has 0 aliphatic carbocycles. The van der Waals surface area contributed by atoms with Gasteiger partial charge in [-0.1, -0.05) is 18.2 Å². The lowest BCUT2D eigenvalue weighted by atomic mass is 9.98. The van der Waals surface area contributed by atoms with E-state index < -0.39 is 5.91 Å². The lowest BCUT2D eigenvalue weighted by Crippen LogP contribution is -2.27. The van der Waals surface area contributed by atoms with E-state index in [0.29, 0.717) is 11.6 Å². The lowest BCUT2D eigenvalue weighted by Gasteiger charge is -2.25. The summed E-state index contributed by atoms with van der Waals surface area (Å²) in [5, 5.41) is 4.31. The van der Waals surface area contributed by atoms with E-state index in [0.717, 1.165) is 37.3 Å². The summed E-state index contributed by atoms with van der Waals surface area (Å²) in [7, 11) is 0. The van der Waals surface area contributed by atoms with E-state index in [1.54, 1.807) is 4.68 Å². The summed E-state index contributed by atoms with van der Waals surface area (Å²) >= 11 is 0. The molecule has 5 nitrogen and oxygen atoms in total. The van der Waals surface area contributed by atoms with Gasteiger partial charge in [0.05, 0.1) is 18.9 Å². The number of rotatable bonds is 5. The van der Waals surface area contributed by atoms with Gasteiger partial charge in [0.15, 0.2) is 5.69 Å². The molecule has 2 aromatic rings. The number of carbonyl (C=O) groups excluding carboxylic acids is 1. The Kier molecular flexibility index (Phi) is 3.52. The minimum absolute atomic E-state index is 0.370. The minimum Gasteiger partial charge on any atom is -0.381 e. The minimum atomic E-state index is -0.473. The Hall–Kier alpha value is -2.14.